The van der Waals surface area contributed by atoms with Gasteiger partial charge in [-0.1, -0.05) is 41.6 Å². The minimum atomic E-state index is -0.234. The van der Waals surface area contributed by atoms with Crippen LogP contribution in [0.2, 0.25) is 0 Å². The van der Waals surface area contributed by atoms with Crippen LogP contribution in [-0.4, -0.2) is 25.4 Å². The molecule has 0 aliphatic carbocycles. The standard InChI is InChI=1S/C25H23N5O2S2/c1-13-9-10-16(14(2)11-13)26-23(32)21-15(3)20-22(31)28-19(29-24(20)34-21)12-33-25-27-17-7-5-6-8-18(17)30(25)4/h5-11H,12H2,1-4H3,(H,26,32)(H,28,29,31). The van der Waals surface area contributed by atoms with Gasteiger partial charge in [-0.15, -0.1) is 11.3 Å². The largest absolute Gasteiger partial charge is 0.322 e. The summed E-state index contributed by atoms with van der Waals surface area (Å²) in [6.07, 6.45) is 0. The minimum Gasteiger partial charge on any atom is -0.322 e. The SMILES string of the molecule is Cc1ccc(NC(=O)c2sc3nc(CSc4nc5ccccc5n4C)[nH]c(=O)c3c2C)c(C)c1. The molecule has 1 amide bonds. The zero-order valence-corrected chi connectivity index (χ0v) is 20.9. The topological polar surface area (TPSA) is 92.7 Å². The second kappa shape index (κ2) is 8.73. The van der Waals surface area contributed by atoms with Crippen LogP contribution in [0.15, 0.2) is 52.4 Å². The van der Waals surface area contributed by atoms with Crippen molar-refractivity contribution in [3.05, 3.63) is 80.2 Å². The molecule has 0 fully saturated rings. The number of carbonyl (C=O) groups excluding carboxylic acids is 1. The molecule has 2 N–H and O–H groups in total. The maximum atomic E-state index is 13.0. The Morgan fingerprint density at radius 2 is 1.94 bits per heavy atom. The number of hydrogen-bond acceptors (Lipinski definition) is 6. The van der Waals surface area contributed by atoms with Crippen molar-refractivity contribution in [3.63, 3.8) is 0 Å². The smallest absolute Gasteiger partial charge is 0.266 e. The van der Waals surface area contributed by atoms with Gasteiger partial charge in [-0.25, -0.2) is 9.97 Å². The molecule has 0 saturated carbocycles. The number of aromatic amines is 1. The fraction of sp³-hybridized carbons (Fsp3) is 0.200. The number of thiophene rings is 1. The molecule has 9 heteroatoms. The summed E-state index contributed by atoms with van der Waals surface area (Å²) in [5, 5.41) is 4.28. The van der Waals surface area contributed by atoms with Gasteiger partial charge < -0.3 is 14.9 Å². The highest BCUT2D eigenvalue weighted by Crippen LogP contribution is 2.30. The van der Waals surface area contributed by atoms with E-state index in [0.29, 0.717) is 32.2 Å². The molecule has 172 valence electrons. The number of hydrogen-bond donors (Lipinski definition) is 2. The molecule has 0 aliphatic rings. The number of H-pyrrole nitrogens is 1. The second-order valence-electron chi connectivity index (χ2n) is 8.25. The van der Waals surface area contributed by atoms with Crippen LogP contribution in [0.25, 0.3) is 21.3 Å². The van der Waals surface area contributed by atoms with Crippen LogP contribution in [0.3, 0.4) is 0 Å². The van der Waals surface area contributed by atoms with Gasteiger partial charge in [0.1, 0.15) is 10.7 Å². The van der Waals surface area contributed by atoms with E-state index in [0.717, 1.165) is 33.0 Å². The lowest BCUT2D eigenvalue weighted by molar-refractivity contribution is 0.103. The highest BCUT2D eigenvalue weighted by Gasteiger charge is 2.20. The number of rotatable bonds is 5. The summed E-state index contributed by atoms with van der Waals surface area (Å²) in [6, 6.07) is 13.8. The molecule has 0 aliphatic heterocycles. The van der Waals surface area contributed by atoms with Crippen molar-refractivity contribution in [3.8, 4) is 0 Å². The van der Waals surface area contributed by atoms with Gasteiger partial charge in [0.05, 0.1) is 27.0 Å². The Hall–Kier alpha value is -3.43. The third kappa shape index (κ3) is 4.01. The van der Waals surface area contributed by atoms with E-state index in [4.69, 9.17) is 0 Å². The van der Waals surface area contributed by atoms with Crippen molar-refractivity contribution in [1.82, 2.24) is 19.5 Å². The Morgan fingerprint density at radius 1 is 1.15 bits per heavy atom. The van der Waals surface area contributed by atoms with Crippen LogP contribution in [-0.2, 0) is 12.8 Å². The number of imidazole rings is 1. The molecule has 0 saturated heterocycles. The lowest BCUT2D eigenvalue weighted by Gasteiger charge is -2.08. The number of carbonyl (C=O) groups is 1. The van der Waals surface area contributed by atoms with E-state index in [-0.39, 0.29) is 11.5 Å². The van der Waals surface area contributed by atoms with Crippen LogP contribution in [0.1, 0.15) is 32.2 Å². The van der Waals surface area contributed by atoms with Crippen molar-refractivity contribution >= 4 is 55.9 Å². The van der Waals surface area contributed by atoms with E-state index in [1.165, 1.54) is 23.1 Å². The molecule has 0 radical (unpaired) electrons. The quantitative estimate of drug-likeness (QED) is 0.325. The maximum absolute atomic E-state index is 13.0. The summed E-state index contributed by atoms with van der Waals surface area (Å²) in [7, 11) is 1.97. The Balaban J connectivity index is 1.42. The number of amides is 1. The van der Waals surface area contributed by atoms with Crippen molar-refractivity contribution in [2.45, 2.75) is 31.7 Å². The first-order chi connectivity index (χ1) is 16.3. The molecule has 2 aromatic carbocycles. The Bertz CT molecular complexity index is 1630. The molecular formula is C25H23N5O2S2. The average Bonchev–Trinajstić information content (AvgIpc) is 3.31. The van der Waals surface area contributed by atoms with Crippen LogP contribution in [0, 0.1) is 20.8 Å². The number of aryl methyl sites for hydroxylation is 4. The lowest BCUT2D eigenvalue weighted by Crippen LogP contribution is -2.13. The van der Waals surface area contributed by atoms with E-state index in [9.17, 15) is 9.59 Å². The molecule has 34 heavy (non-hydrogen) atoms. The summed E-state index contributed by atoms with van der Waals surface area (Å²) in [5.74, 6) is 0.781. The number of nitrogens with zero attached hydrogens (tertiary/aromatic N) is 3. The summed E-state index contributed by atoms with van der Waals surface area (Å²) < 4.78 is 2.03. The Morgan fingerprint density at radius 3 is 2.71 bits per heavy atom. The van der Waals surface area contributed by atoms with Gasteiger partial charge in [0.15, 0.2) is 5.16 Å². The molecular weight excluding hydrogens is 466 g/mol. The van der Waals surface area contributed by atoms with E-state index in [1.807, 2.05) is 67.9 Å². The van der Waals surface area contributed by atoms with Gasteiger partial charge in [-0.2, -0.15) is 0 Å². The van der Waals surface area contributed by atoms with Crippen molar-refractivity contribution in [1.29, 1.82) is 0 Å². The number of anilines is 1. The predicted octanol–water partition coefficient (Wildman–Crippen LogP) is 5.34. The van der Waals surface area contributed by atoms with Crippen LogP contribution >= 0.6 is 23.1 Å². The zero-order valence-electron chi connectivity index (χ0n) is 19.2. The highest BCUT2D eigenvalue weighted by molar-refractivity contribution is 7.98. The van der Waals surface area contributed by atoms with E-state index in [1.54, 1.807) is 6.92 Å². The number of thioether (sulfide) groups is 1. The molecule has 5 aromatic rings. The third-order valence-corrected chi connectivity index (χ3v) is 8.00. The minimum absolute atomic E-state index is 0.232. The normalized spacial score (nSPS) is 11.4. The number of para-hydroxylation sites is 2. The van der Waals surface area contributed by atoms with Crippen molar-refractivity contribution in [2.75, 3.05) is 5.32 Å². The van der Waals surface area contributed by atoms with Crippen LogP contribution in [0.5, 0.6) is 0 Å². The zero-order chi connectivity index (χ0) is 24.0. The Kier molecular flexibility index (Phi) is 5.75. The molecule has 7 nitrogen and oxygen atoms in total. The first kappa shape index (κ1) is 22.4. The monoisotopic (exact) mass is 489 g/mol. The van der Waals surface area contributed by atoms with Gasteiger partial charge >= 0.3 is 0 Å². The number of benzene rings is 2. The molecule has 0 unspecified atom stereocenters. The molecule has 0 spiro atoms. The van der Waals surface area contributed by atoms with E-state index < -0.39 is 0 Å². The van der Waals surface area contributed by atoms with E-state index in [2.05, 4.69) is 20.3 Å². The summed E-state index contributed by atoms with van der Waals surface area (Å²) >= 11 is 2.75. The van der Waals surface area contributed by atoms with Crippen LogP contribution < -0.4 is 10.9 Å². The lowest BCUT2D eigenvalue weighted by atomic mass is 10.1. The Labute approximate surface area is 204 Å². The predicted molar refractivity (Wildman–Crippen MR) is 139 cm³/mol. The van der Waals surface area contributed by atoms with Crippen LogP contribution in [0.4, 0.5) is 5.69 Å². The van der Waals surface area contributed by atoms with Gasteiger partial charge in [0, 0.05) is 12.7 Å². The first-order valence-corrected chi connectivity index (χ1v) is 12.6. The summed E-state index contributed by atoms with van der Waals surface area (Å²) in [4.78, 5) is 39.2. The second-order valence-corrected chi connectivity index (χ2v) is 10.2. The van der Waals surface area contributed by atoms with Gasteiger partial charge in [0.25, 0.3) is 11.5 Å². The fourth-order valence-electron chi connectivity index (χ4n) is 3.99. The van der Waals surface area contributed by atoms with Crippen molar-refractivity contribution in [2.24, 2.45) is 7.05 Å². The molecule has 3 heterocycles. The highest BCUT2D eigenvalue weighted by atomic mass is 32.2. The molecule has 5 rings (SSSR count). The maximum Gasteiger partial charge on any atom is 0.266 e. The van der Waals surface area contributed by atoms with Crippen molar-refractivity contribution < 1.29 is 4.79 Å². The molecule has 0 bridgehead atoms. The summed E-state index contributed by atoms with van der Waals surface area (Å²) in [6.45, 7) is 5.76. The van der Waals surface area contributed by atoms with Gasteiger partial charge in [0.2, 0.25) is 0 Å². The average molecular weight is 490 g/mol. The fourth-order valence-corrected chi connectivity index (χ4v) is 5.95. The number of nitrogens with one attached hydrogen (secondary N) is 2. The van der Waals surface area contributed by atoms with E-state index >= 15 is 0 Å². The molecule has 0 atom stereocenters. The first-order valence-electron chi connectivity index (χ1n) is 10.8. The summed E-state index contributed by atoms with van der Waals surface area (Å²) in [5.41, 5.74) is 5.27. The number of fused-ring (bicyclic) bond motifs is 2. The van der Waals surface area contributed by atoms with Gasteiger partial charge in [-0.05, 0) is 50.1 Å². The van der Waals surface area contributed by atoms with Gasteiger partial charge in [-0.3, -0.25) is 9.59 Å². The molecule has 3 aromatic heterocycles. The number of aromatic nitrogens is 4. The third-order valence-electron chi connectivity index (χ3n) is 5.77.